The van der Waals surface area contributed by atoms with Gasteiger partial charge in [-0.05, 0) is 58.5 Å². The van der Waals surface area contributed by atoms with Crippen LogP contribution < -0.4 is 10.6 Å². The van der Waals surface area contributed by atoms with E-state index >= 15 is 0 Å². The normalized spacial score (nSPS) is 10.4. The third-order valence-corrected chi connectivity index (χ3v) is 3.20. The van der Waals surface area contributed by atoms with Gasteiger partial charge in [0.25, 0.3) is 0 Å². The molecule has 0 bridgehead atoms. The van der Waals surface area contributed by atoms with Gasteiger partial charge in [0.2, 0.25) is 5.91 Å². The van der Waals surface area contributed by atoms with E-state index in [0.29, 0.717) is 5.76 Å². The minimum Gasteiger partial charge on any atom is -0.465 e. The summed E-state index contributed by atoms with van der Waals surface area (Å²) in [6.07, 6.45) is 4.46. The van der Waals surface area contributed by atoms with Gasteiger partial charge >= 0.3 is 0 Å². The lowest BCUT2D eigenvalue weighted by Crippen LogP contribution is -2.32. The van der Waals surface area contributed by atoms with Crippen LogP contribution in [0.5, 0.6) is 0 Å². The topological polar surface area (TPSA) is 54.3 Å². The molecule has 2 aromatic rings. The second-order valence-corrected chi connectivity index (χ2v) is 5.03. The zero-order valence-electron chi connectivity index (χ0n) is 10.3. The fraction of sp³-hybridized carbons (Fsp3) is 0. The Morgan fingerprint density at radius 1 is 1.25 bits per heavy atom. The molecule has 0 atom stereocenters. The summed E-state index contributed by atoms with van der Waals surface area (Å²) < 4.78 is 5.94. The zero-order chi connectivity index (χ0) is 14.4. The lowest BCUT2D eigenvalue weighted by atomic mass is 10.3. The standard InChI is InChI=1S/C14H11BrN2O2S/c15-11-5-1-2-6-12(11)16-14(20)17-13(18)8-7-10-4-3-9-19-10/h1-9H,(H2,16,17,18,20). The highest BCUT2D eigenvalue weighted by Crippen LogP contribution is 2.20. The molecule has 0 fully saturated rings. The van der Waals surface area contributed by atoms with Crippen LogP contribution in [0.25, 0.3) is 6.08 Å². The zero-order valence-corrected chi connectivity index (χ0v) is 12.7. The molecular formula is C14H11BrN2O2S. The largest absolute Gasteiger partial charge is 0.465 e. The summed E-state index contributed by atoms with van der Waals surface area (Å²) in [4.78, 5) is 11.6. The summed E-state index contributed by atoms with van der Waals surface area (Å²) in [5, 5.41) is 5.71. The van der Waals surface area contributed by atoms with E-state index in [1.54, 1.807) is 18.2 Å². The summed E-state index contributed by atoms with van der Waals surface area (Å²) in [5.41, 5.74) is 0.785. The monoisotopic (exact) mass is 350 g/mol. The Morgan fingerprint density at radius 2 is 2.05 bits per heavy atom. The maximum absolute atomic E-state index is 11.6. The van der Waals surface area contributed by atoms with Crippen molar-refractivity contribution < 1.29 is 9.21 Å². The van der Waals surface area contributed by atoms with E-state index in [9.17, 15) is 4.79 Å². The molecule has 0 unspecified atom stereocenters. The van der Waals surface area contributed by atoms with Gasteiger partial charge in [0.15, 0.2) is 5.11 Å². The molecule has 0 saturated heterocycles. The lowest BCUT2D eigenvalue weighted by molar-refractivity contribution is -0.115. The summed E-state index contributed by atoms with van der Waals surface area (Å²) in [6.45, 7) is 0. The van der Waals surface area contributed by atoms with Crippen molar-refractivity contribution in [2.24, 2.45) is 0 Å². The molecule has 0 spiro atoms. The highest BCUT2D eigenvalue weighted by Gasteiger charge is 2.03. The molecule has 2 N–H and O–H groups in total. The number of benzene rings is 1. The van der Waals surface area contributed by atoms with Gasteiger partial charge in [-0.25, -0.2) is 0 Å². The summed E-state index contributed by atoms with van der Waals surface area (Å²) in [5.74, 6) is 0.274. The second kappa shape index (κ2) is 7.02. The molecule has 6 heteroatoms. The van der Waals surface area contributed by atoms with Gasteiger partial charge in [-0.15, -0.1) is 0 Å². The van der Waals surface area contributed by atoms with Gasteiger partial charge in [0.1, 0.15) is 5.76 Å². The predicted octanol–water partition coefficient (Wildman–Crippen LogP) is 3.57. The van der Waals surface area contributed by atoms with Crippen molar-refractivity contribution in [3.8, 4) is 0 Å². The average molecular weight is 351 g/mol. The molecule has 1 aromatic carbocycles. The Kier molecular flexibility index (Phi) is 5.09. The average Bonchev–Trinajstić information content (AvgIpc) is 2.92. The number of para-hydroxylation sites is 1. The Morgan fingerprint density at radius 3 is 2.75 bits per heavy atom. The molecule has 1 heterocycles. The van der Waals surface area contributed by atoms with Crippen LogP contribution in [0.15, 0.2) is 57.6 Å². The number of hydrogen-bond donors (Lipinski definition) is 2. The molecule has 0 aliphatic heterocycles. The van der Waals surface area contributed by atoms with Gasteiger partial charge in [-0.2, -0.15) is 0 Å². The Hall–Kier alpha value is -1.92. The van der Waals surface area contributed by atoms with Gasteiger partial charge in [-0.3, -0.25) is 10.1 Å². The van der Waals surface area contributed by atoms with Crippen LogP contribution in [0.3, 0.4) is 0 Å². The fourth-order valence-corrected chi connectivity index (χ4v) is 2.01. The van der Waals surface area contributed by atoms with E-state index in [4.69, 9.17) is 16.6 Å². The van der Waals surface area contributed by atoms with Gasteiger partial charge in [-0.1, -0.05) is 12.1 Å². The maximum atomic E-state index is 11.6. The SMILES string of the molecule is O=C(C=Cc1ccco1)NC(=S)Nc1ccccc1Br. The molecule has 1 aromatic heterocycles. The van der Waals surface area contributed by atoms with E-state index in [-0.39, 0.29) is 11.0 Å². The van der Waals surface area contributed by atoms with Crippen LogP contribution in [-0.2, 0) is 4.79 Å². The molecule has 102 valence electrons. The maximum Gasteiger partial charge on any atom is 0.250 e. The predicted molar refractivity (Wildman–Crippen MR) is 86.2 cm³/mol. The third kappa shape index (κ3) is 4.32. The number of furan rings is 1. The van der Waals surface area contributed by atoms with Crippen LogP contribution in [0.1, 0.15) is 5.76 Å². The number of carbonyl (C=O) groups is 1. The number of hydrogen-bond acceptors (Lipinski definition) is 3. The first-order valence-electron chi connectivity index (χ1n) is 5.73. The second-order valence-electron chi connectivity index (χ2n) is 3.77. The van der Waals surface area contributed by atoms with E-state index < -0.39 is 0 Å². The van der Waals surface area contributed by atoms with Crippen molar-refractivity contribution in [2.75, 3.05) is 5.32 Å². The number of halogens is 1. The first-order chi connectivity index (χ1) is 9.65. The smallest absolute Gasteiger partial charge is 0.250 e. The summed E-state index contributed by atoms with van der Waals surface area (Å²) in [6, 6.07) is 11.0. The first-order valence-corrected chi connectivity index (χ1v) is 6.93. The Labute approximate surface area is 130 Å². The highest BCUT2D eigenvalue weighted by molar-refractivity contribution is 9.10. The molecule has 1 amide bonds. The number of rotatable bonds is 3. The molecule has 0 radical (unpaired) electrons. The van der Waals surface area contributed by atoms with Crippen LogP contribution in [0.4, 0.5) is 5.69 Å². The summed E-state index contributed by atoms with van der Waals surface area (Å²) >= 11 is 8.45. The molecular weight excluding hydrogens is 340 g/mol. The molecule has 4 nitrogen and oxygen atoms in total. The van der Waals surface area contributed by atoms with E-state index in [1.165, 1.54) is 12.3 Å². The molecule has 0 aliphatic rings. The highest BCUT2D eigenvalue weighted by atomic mass is 79.9. The molecule has 2 rings (SSSR count). The Balaban J connectivity index is 1.88. The lowest BCUT2D eigenvalue weighted by Gasteiger charge is -2.09. The van der Waals surface area contributed by atoms with Gasteiger partial charge < -0.3 is 9.73 Å². The number of thiocarbonyl (C=S) groups is 1. The van der Waals surface area contributed by atoms with Gasteiger partial charge in [0.05, 0.1) is 12.0 Å². The third-order valence-electron chi connectivity index (χ3n) is 2.30. The first kappa shape index (κ1) is 14.5. The van der Waals surface area contributed by atoms with Crippen molar-refractivity contribution in [3.63, 3.8) is 0 Å². The van der Waals surface area contributed by atoms with Crippen molar-refractivity contribution in [1.29, 1.82) is 0 Å². The van der Waals surface area contributed by atoms with Crippen molar-refractivity contribution in [1.82, 2.24) is 5.32 Å². The molecule has 0 saturated carbocycles. The van der Waals surface area contributed by atoms with Gasteiger partial charge in [0, 0.05) is 10.5 Å². The minimum atomic E-state index is -0.328. The minimum absolute atomic E-state index is 0.228. The van der Waals surface area contributed by atoms with E-state index in [2.05, 4.69) is 26.6 Å². The molecule has 0 aliphatic carbocycles. The van der Waals surface area contributed by atoms with Crippen LogP contribution in [0, 0.1) is 0 Å². The number of nitrogens with one attached hydrogen (secondary N) is 2. The number of anilines is 1. The van der Waals surface area contributed by atoms with E-state index in [0.717, 1.165) is 10.2 Å². The fourth-order valence-electron chi connectivity index (χ4n) is 1.41. The van der Waals surface area contributed by atoms with Crippen molar-refractivity contribution in [3.05, 3.63) is 59.0 Å². The van der Waals surface area contributed by atoms with E-state index in [1.807, 2.05) is 24.3 Å². The van der Waals surface area contributed by atoms with Crippen molar-refractivity contribution in [2.45, 2.75) is 0 Å². The summed E-state index contributed by atoms with van der Waals surface area (Å²) in [7, 11) is 0. The quantitative estimate of drug-likeness (QED) is 0.656. The molecule has 20 heavy (non-hydrogen) atoms. The van der Waals surface area contributed by atoms with Crippen LogP contribution >= 0.6 is 28.1 Å². The Bertz CT molecular complexity index is 638. The number of carbonyl (C=O) groups excluding carboxylic acids is 1. The van der Waals surface area contributed by atoms with Crippen molar-refractivity contribution >= 4 is 50.9 Å². The van der Waals surface area contributed by atoms with Crippen LogP contribution in [-0.4, -0.2) is 11.0 Å². The number of amides is 1. The van der Waals surface area contributed by atoms with Crippen LogP contribution in [0.2, 0.25) is 0 Å².